The molecule has 0 unspecified atom stereocenters. The molecule has 0 saturated carbocycles. The number of nitrogens with zero attached hydrogens (tertiary/aromatic N) is 4. The van der Waals surface area contributed by atoms with Gasteiger partial charge < -0.3 is 19.5 Å². The van der Waals surface area contributed by atoms with Gasteiger partial charge in [0, 0.05) is 42.2 Å². The third-order valence-corrected chi connectivity index (χ3v) is 7.87. The van der Waals surface area contributed by atoms with Crippen LogP contribution >= 0.6 is 12.2 Å². The lowest BCUT2D eigenvalue weighted by atomic mass is 9.96. The van der Waals surface area contributed by atoms with Crippen molar-refractivity contribution in [3.63, 3.8) is 0 Å². The smallest absolute Gasteiger partial charge is 0.174 e. The van der Waals surface area contributed by atoms with Crippen molar-refractivity contribution in [1.29, 1.82) is 0 Å². The molecule has 0 aliphatic carbocycles. The van der Waals surface area contributed by atoms with E-state index in [4.69, 9.17) is 21.9 Å². The Kier molecular flexibility index (Phi) is 7.05. The van der Waals surface area contributed by atoms with E-state index in [-0.39, 0.29) is 12.1 Å². The zero-order valence-corrected chi connectivity index (χ0v) is 23.6. The molecular weight excluding hydrogens is 514 g/mol. The number of hydrogen-bond donors (Lipinski definition) is 1. The Morgan fingerprint density at radius 2 is 1.62 bits per heavy atom. The van der Waals surface area contributed by atoms with Crippen molar-refractivity contribution >= 4 is 23.0 Å². The van der Waals surface area contributed by atoms with Crippen molar-refractivity contribution in [3.05, 3.63) is 137 Å². The second kappa shape index (κ2) is 10.9. The van der Waals surface area contributed by atoms with Crippen molar-refractivity contribution in [2.24, 2.45) is 0 Å². The van der Waals surface area contributed by atoms with Crippen LogP contribution in [0.4, 0.5) is 5.69 Å². The molecule has 0 radical (unpaired) electrons. The van der Waals surface area contributed by atoms with Gasteiger partial charge in [-0.15, -0.1) is 0 Å². The van der Waals surface area contributed by atoms with E-state index in [0.29, 0.717) is 5.11 Å². The van der Waals surface area contributed by atoms with Crippen molar-refractivity contribution in [3.8, 4) is 11.5 Å². The lowest BCUT2D eigenvalue weighted by molar-refractivity contribution is 0.479. The number of hydrogen-bond acceptors (Lipinski definition) is 4. The minimum atomic E-state index is -0.105. The van der Waals surface area contributed by atoms with Gasteiger partial charge in [-0.3, -0.25) is 9.97 Å². The Balaban J connectivity index is 1.38. The fourth-order valence-corrected chi connectivity index (χ4v) is 5.81. The number of aryl methyl sites for hydroxylation is 2. The highest BCUT2D eigenvalue weighted by Gasteiger charge is 2.42. The predicted octanol–water partition coefficient (Wildman–Crippen LogP) is 7.22. The first kappa shape index (κ1) is 25.8. The van der Waals surface area contributed by atoms with Crippen molar-refractivity contribution in [2.75, 3.05) is 4.90 Å². The summed E-state index contributed by atoms with van der Waals surface area (Å²) in [5.41, 5.74) is 7.88. The van der Waals surface area contributed by atoms with Crippen LogP contribution in [0.1, 0.15) is 45.9 Å². The number of thiocarbonyl (C=S) groups is 1. The first-order valence-electron chi connectivity index (χ1n) is 13.4. The SMILES string of the molecule is Cc1ccccc1Oc1ccc(N2C(=S)N[C@@H](c3ccccn3)[C@H]2c2cc(C)n(Cc3ccncc3)c2C)cc1. The molecule has 4 heterocycles. The van der Waals surface area contributed by atoms with Crippen LogP contribution < -0.4 is 15.0 Å². The van der Waals surface area contributed by atoms with E-state index in [0.717, 1.165) is 35.0 Å². The second-order valence-electron chi connectivity index (χ2n) is 10.1. The quantitative estimate of drug-likeness (QED) is 0.218. The molecule has 0 amide bonds. The molecule has 6 rings (SSSR count). The van der Waals surface area contributed by atoms with Gasteiger partial charge in [0.1, 0.15) is 11.5 Å². The molecule has 40 heavy (non-hydrogen) atoms. The largest absolute Gasteiger partial charge is 0.457 e. The molecule has 7 heteroatoms. The maximum atomic E-state index is 6.17. The van der Waals surface area contributed by atoms with Gasteiger partial charge in [0.05, 0.1) is 17.8 Å². The zero-order valence-electron chi connectivity index (χ0n) is 22.8. The van der Waals surface area contributed by atoms with Crippen LogP contribution in [0, 0.1) is 20.8 Å². The first-order chi connectivity index (χ1) is 19.5. The van der Waals surface area contributed by atoms with Crippen LogP contribution in [0.3, 0.4) is 0 Å². The minimum Gasteiger partial charge on any atom is -0.457 e. The number of para-hydroxylation sites is 1. The van der Waals surface area contributed by atoms with E-state index in [2.05, 4.69) is 70.0 Å². The Hall–Kier alpha value is -4.49. The average molecular weight is 546 g/mol. The molecular formula is C33H31N5OS. The van der Waals surface area contributed by atoms with Crippen LogP contribution in [-0.4, -0.2) is 19.6 Å². The maximum absolute atomic E-state index is 6.17. The van der Waals surface area contributed by atoms with Crippen LogP contribution in [0.25, 0.3) is 0 Å². The Labute approximate surface area is 240 Å². The normalized spacial score (nSPS) is 16.7. The molecule has 0 bridgehead atoms. The summed E-state index contributed by atoms with van der Waals surface area (Å²) in [5, 5.41) is 4.25. The molecule has 1 aliphatic heterocycles. The molecule has 6 nitrogen and oxygen atoms in total. The lowest BCUT2D eigenvalue weighted by Crippen LogP contribution is -2.29. The van der Waals surface area contributed by atoms with Gasteiger partial charge in [-0.2, -0.15) is 0 Å². The zero-order chi connectivity index (χ0) is 27.6. The summed E-state index contributed by atoms with van der Waals surface area (Å²) in [5.74, 6) is 1.63. The van der Waals surface area contributed by atoms with E-state index in [1.165, 1.54) is 22.5 Å². The number of rotatable bonds is 7. The molecule has 2 atom stereocenters. The van der Waals surface area contributed by atoms with E-state index in [1.54, 1.807) is 0 Å². The Bertz CT molecular complexity index is 1630. The molecule has 1 N–H and O–H groups in total. The molecule has 1 fully saturated rings. The second-order valence-corrected chi connectivity index (χ2v) is 10.5. The van der Waals surface area contributed by atoms with Gasteiger partial charge in [-0.25, -0.2) is 0 Å². The van der Waals surface area contributed by atoms with Gasteiger partial charge in [0.25, 0.3) is 0 Å². The summed E-state index contributed by atoms with van der Waals surface area (Å²) in [6.07, 6.45) is 5.52. The highest BCUT2D eigenvalue weighted by atomic mass is 32.1. The molecule has 1 saturated heterocycles. The third-order valence-electron chi connectivity index (χ3n) is 7.56. The fraction of sp³-hybridized carbons (Fsp3) is 0.182. The van der Waals surface area contributed by atoms with Gasteiger partial charge in [0.2, 0.25) is 0 Å². The van der Waals surface area contributed by atoms with Crippen molar-refractivity contribution in [1.82, 2.24) is 19.9 Å². The van der Waals surface area contributed by atoms with E-state index < -0.39 is 0 Å². The average Bonchev–Trinajstić information content (AvgIpc) is 3.46. The number of aromatic nitrogens is 3. The first-order valence-corrected chi connectivity index (χ1v) is 13.8. The number of anilines is 1. The molecule has 200 valence electrons. The topological polar surface area (TPSA) is 55.2 Å². The third kappa shape index (κ3) is 4.96. The highest BCUT2D eigenvalue weighted by molar-refractivity contribution is 7.80. The molecule has 5 aromatic rings. The van der Waals surface area contributed by atoms with Crippen LogP contribution in [0.5, 0.6) is 11.5 Å². The number of nitrogens with one attached hydrogen (secondary N) is 1. The Morgan fingerprint density at radius 3 is 2.35 bits per heavy atom. The number of benzene rings is 2. The van der Waals surface area contributed by atoms with Crippen LogP contribution in [0.2, 0.25) is 0 Å². The predicted molar refractivity (Wildman–Crippen MR) is 163 cm³/mol. The number of pyridine rings is 2. The van der Waals surface area contributed by atoms with Gasteiger partial charge in [-0.05, 0) is 110 Å². The van der Waals surface area contributed by atoms with E-state index in [1.807, 2.05) is 74.0 Å². The maximum Gasteiger partial charge on any atom is 0.174 e. The molecule has 2 aromatic carbocycles. The molecule has 0 spiro atoms. The van der Waals surface area contributed by atoms with Gasteiger partial charge >= 0.3 is 0 Å². The summed E-state index contributed by atoms with van der Waals surface area (Å²) in [4.78, 5) is 11.1. The summed E-state index contributed by atoms with van der Waals surface area (Å²) in [6, 6.07) is 28.4. The summed E-state index contributed by atoms with van der Waals surface area (Å²) >= 11 is 5.96. The highest BCUT2D eigenvalue weighted by Crippen LogP contribution is 2.43. The van der Waals surface area contributed by atoms with Crippen LogP contribution in [0.15, 0.2) is 104 Å². The van der Waals surface area contributed by atoms with E-state index >= 15 is 0 Å². The molecule has 3 aromatic heterocycles. The van der Waals surface area contributed by atoms with Gasteiger partial charge in [-0.1, -0.05) is 24.3 Å². The summed E-state index contributed by atoms with van der Waals surface area (Å²) in [7, 11) is 0. The monoisotopic (exact) mass is 545 g/mol. The van der Waals surface area contributed by atoms with E-state index in [9.17, 15) is 0 Å². The Morgan fingerprint density at radius 1 is 0.875 bits per heavy atom. The summed E-state index contributed by atoms with van der Waals surface area (Å²) < 4.78 is 8.53. The lowest BCUT2D eigenvalue weighted by Gasteiger charge is -2.28. The van der Waals surface area contributed by atoms with Crippen molar-refractivity contribution < 1.29 is 4.74 Å². The minimum absolute atomic E-state index is 0.0806. The summed E-state index contributed by atoms with van der Waals surface area (Å²) in [6.45, 7) is 7.18. The van der Waals surface area contributed by atoms with Crippen molar-refractivity contribution in [2.45, 2.75) is 39.4 Å². The van der Waals surface area contributed by atoms with Gasteiger partial charge in [0.15, 0.2) is 5.11 Å². The van der Waals surface area contributed by atoms with Crippen LogP contribution in [-0.2, 0) is 6.54 Å². The fourth-order valence-electron chi connectivity index (χ4n) is 5.46. The number of ether oxygens (including phenoxy) is 1. The standard InChI is InChI=1S/C33H31N5OS/c1-22-8-4-5-10-30(22)39-27-13-11-26(12-14-27)38-32(31(36-33(38)40)29-9-6-7-17-35-29)28-20-23(2)37(24(28)3)21-25-15-18-34-19-16-25/h4-20,31-32H,21H2,1-3H3,(H,36,40)/t31-,32+/m0/s1. The molecule has 1 aliphatic rings.